The van der Waals surface area contributed by atoms with E-state index in [1.807, 2.05) is 32.0 Å². The van der Waals surface area contributed by atoms with Crippen LogP contribution in [0.25, 0.3) is 0 Å². The van der Waals surface area contributed by atoms with E-state index in [1.54, 1.807) is 53.6 Å². The number of nitrogens with one attached hydrogen (secondary N) is 1. The molecular formula is C25H26ClN5O4. The van der Waals surface area contributed by atoms with Gasteiger partial charge in [0.15, 0.2) is 18.2 Å². The summed E-state index contributed by atoms with van der Waals surface area (Å²) in [6.45, 7) is 5.56. The molecule has 0 saturated carbocycles. The second-order valence-corrected chi connectivity index (χ2v) is 7.91. The van der Waals surface area contributed by atoms with Gasteiger partial charge in [0.25, 0.3) is 5.91 Å². The normalized spacial score (nSPS) is 10.7. The number of hydrogen-bond acceptors (Lipinski definition) is 6. The highest BCUT2D eigenvalue weighted by molar-refractivity contribution is 6.30. The Labute approximate surface area is 208 Å². The Balaban J connectivity index is 1.38. The zero-order valence-electron chi connectivity index (χ0n) is 19.5. The first-order chi connectivity index (χ1) is 17.1. The average molecular weight is 496 g/mol. The number of carbonyl (C=O) groups excluding carboxylic acids is 1. The fraction of sp³-hybridized carbons (Fsp3) is 0.240. The lowest BCUT2D eigenvalue weighted by molar-refractivity contribution is 0.100. The van der Waals surface area contributed by atoms with Crippen molar-refractivity contribution in [3.8, 4) is 17.2 Å². The van der Waals surface area contributed by atoms with E-state index in [9.17, 15) is 4.79 Å². The molecule has 10 heteroatoms. The topological polar surface area (TPSA) is 92.4 Å². The van der Waals surface area contributed by atoms with Crippen molar-refractivity contribution in [2.45, 2.75) is 27.1 Å². The Morgan fingerprint density at radius 3 is 2.51 bits per heavy atom. The van der Waals surface area contributed by atoms with Crippen molar-refractivity contribution in [1.29, 1.82) is 0 Å². The van der Waals surface area contributed by atoms with Crippen LogP contribution in [0.5, 0.6) is 17.2 Å². The van der Waals surface area contributed by atoms with Gasteiger partial charge < -0.3 is 19.5 Å². The van der Waals surface area contributed by atoms with E-state index in [0.29, 0.717) is 53.4 Å². The molecule has 0 radical (unpaired) electrons. The van der Waals surface area contributed by atoms with Crippen LogP contribution in [0.4, 0.5) is 5.69 Å². The van der Waals surface area contributed by atoms with Gasteiger partial charge in [0.05, 0.1) is 31.6 Å². The Morgan fingerprint density at radius 1 is 0.971 bits per heavy atom. The largest absolute Gasteiger partial charge is 0.490 e. The number of halogens is 1. The number of amides is 1. The van der Waals surface area contributed by atoms with Crippen LogP contribution in [0.2, 0.25) is 5.02 Å². The molecule has 0 fully saturated rings. The van der Waals surface area contributed by atoms with Gasteiger partial charge in [-0.05, 0) is 61.9 Å². The van der Waals surface area contributed by atoms with Gasteiger partial charge in [-0.25, -0.2) is 4.68 Å². The Kier molecular flexibility index (Phi) is 7.89. The summed E-state index contributed by atoms with van der Waals surface area (Å²) < 4.78 is 20.2. The summed E-state index contributed by atoms with van der Waals surface area (Å²) in [5.74, 6) is 1.71. The third-order valence-corrected chi connectivity index (χ3v) is 5.21. The lowest BCUT2D eigenvalue weighted by Gasteiger charge is -2.12. The summed E-state index contributed by atoms with van der Waals surface area (Å²) in [5.41, 5.74) is 1.92. The van der Waals surface area contributed by atoms with Crippen molar-refractivity contribution in [3.05, 3.63) is 83.4 Å². The highest BCUT2D eigenvalue weighted by Crippen LogP contribution is 2.29. The van der Waals surface area contributed by atoms with Gasteiger partial charge in [-0.2, -0.15) is 10.2 Å². The van der Waals surface area contributed by atoms with Gasteiger partial charge in [0.1, 0.15) is 11.4 Å². The number of aromatic nitrogens is 4. The van der Waals surface area contributed by atoms with E-state index in [-0.39, 0.29) is 12.6 Å². The second kappa shape index (κ2) is 11.4. The Bertz CT molecular complexity index is 1270. The number of anilines is 1. The molecule has 35 heavy (non-hydrogen) atoms. The van der Waals surface area contributed by atoms with Gasteiger partial charge in [-0.15, -0.1) is 0 Å². The van der Waals surface area contributed by atoms with Crippen LogP contribution in [0.15, 0.2) is 67.1 Å². The van der Waals surface area contributed by atoms with Crippen LogP contribution < -0.4 is 19.5 Å². The number of benzene rings is 2. The molecule has 2 heterocycles. The van der Waals surface area contributed by atoms with Crippen molar-refractivity contribution < 1.29 is 19.0 Å². The minimum absolute atomic E-state index is 0.0799. The SMILES string of the molecule is CCOc1ccc(Cn2cc(NC(=O)c3ccnn3COc3ccc(Cl)cc3)cn2)cc1OCC. The van der Waals surface area contributed by atoms with E-state index in [0.717, 1.165) is 5.56 Å². The number of nitrogens with zero attached hydrogens (tertiary/aromatic N) is 4. The van der Waals surface area contributed by atoms with Crippen molar-refractivity contribution in [2.75, 3.05) is 18.5 Å². The molecule has 0 bridgehead atoms. The van der Waals surface area contributed by atoms with Crippen molar-refractivity contribution in [1.82, 2.24) is 19.6 Å². The molecule has 4 rings (SSSR count). The van der Waals surface area contributed by atoms with Crippen molar-refractivity contribution in [2.24, 2.45) is 0 Å². The summed E-state index contributed by atoms with van der Waals surface area (Å²) in [5, 5.41) is 12.0. The lowest BCUT2D eigenvalue weighted by atomic mass is 10.2. The third-order valence-electron chi connectivity index (χ3n) is 4.96. The molecule has 9 nitrogen and oxygen atoms in total. The summed E-state index contributed by atoms with van der Waals surface area (Å²) in [7, 11) is 0. The van der Waals surface area contributed by atoms with E-state index < -0.39 is 0 Å². The van der Waals surface area contributed by atoms with Gasteiger partial charge >= 0.3 is 0 Å². The first kappa shape index (κ1) is 24.2. The van der Waals surface area contributed by atoms with Gasteiger partial charge in [0, 0.05) is 17.4 Å². The molecular weight excluding hydrogens is 470 g/mol. The molecule has 1 amide bonds. The first-order valence-corrected chi connectivity index (χ1v) is 11.6. The third kappa shape index (κ3) is 6.33. The molecule has 0 unspecified atom stereocenters. The molecule has 0 atom stereocenters. The van der Waals surface area contributed by atoms with E-state index in [1.165, 1.54) is 4.68 Å². The minimum Gasteiger partial charge on any atom is -0.490 e. The van der Waals surface area contributed by atoms with Crippen LogP contribution in [-0.4, -0.2) is 38.7 Å². The summed E-state index contributed by atoms with van der Waals surface area (Å²) in [6.07, 6.45) is 4.91. The number of ether oxygens (including phenoxy) is 3. The van der Waals surface area contributed by atoms with E-state index >= 15 is 0 Å². The number of hydrogen-bond donors (Lipinski definition) is 1. The molecule has 2 aromatic carbocycles. The maximum absolute atomic E-state index is 12.8. The highest BCUT2D eigenvalue weighted by atomic mass is 35.5. The molecule has 0 aliphatic heterocycles. The monoisotopic (exact) mass is 495 g/mol. The van der Waals surface area contributed by atoms with Gasteiger partial charge in [0.2, 0.25) is 0 Å². The quantitative estimate of drug-likeness (QED) is 0.319. The zero-order chi connectivity index (χ0) is 24.6. The van der Waals surface area contributed by atoms with Gasteiger partial charge in [-0.1, -0.05) is 17.7 Å². The van der Waals surface area contributed by atoms with Gasteiger partial charge in [-0.3, -0.25) is 9.48 Å². The first-order valence-electron chi connectivity index (χ1n) is 11.2. The molecule has 2 aromatic heterocycles. The van der Waals surface area contributed by atoms with Crippen LogP contribution in [0, 0.1) is 0 Å². The fourth-order valence-corrected chi connectivity index (χ4v) is 3.51. The Morgan fingerprint density at radius 2 is 1.74 bits per heavy atom. The van der Waals surface area contributed by atoms with Crippen LogP contribution >= 0.6 is 11.6 Å². The number of carbonyl (C=O) groups is 1. The molecule has 4 aromatic rings. The van der Waals surface area contributed by atoms with Crippen LogP contribution in [0.3, 0.4) is 0 Å². The smallest absolute Gasteiger partial charge is 0.274 e. The standard InChI is InChI=1S/C25H26ClN5O4/c1-3-33-23-10-5-18(13-24(23)34-4-2)15-30-16-20(14-28-30)29-25(32)22-11-12-27-31(22)17-35-21-8-6-19(26)7-9-21/h5-14,16H,3-4,15,17H2,1-2H3,(H,29,32). The predicted octanol–water partition coefficient (Wildman–Crippen LogP) is 4.87. The molecule has 0 aliphatic carbocycles. The summed E-state index contributed by atoms with van der Waals surface area (Å²) in [6, 6.07) is 14.4. The van der Waals surface area contributed by atoms with Crippen molar-refractivity contribution >= 4 is 23.2 Å². The molecule has 0 aliphatic rings. The second-order valence-electron chi connectivity index (χ2n) is 7.47. The summed E-state index contributed by atoms with van der Waals surface area (Å²) in [4.78, 5) is 12.8. The average Bonchev–Trinajstić information content (AvgIpc) is 3.50. The molecule has 0 saturated heterocycles. The molecule has 1 N–H and O–H groups in total. The predicted molar refractivity (Wildman–Crippen MR) is 132 cm³/mol. The van der Waals surface area contributed by atoms with Crippen LogP contribution in [-0.2, 0) is 13.3 Å². The van der Waals surface area contributed by atoms with Crippen molar-refractivity contribution in [3.63, 3.8) is 0 Å². The Hall–Kier alpha value is -3.98. The zero-order valence-corrected chi connectivity index (χ0v) is 20.2. The van der Waals surface area contributed by atoms with E-state index in [2.05, 4.69) is 15.5 Å². The van der Waals surface area contributed by atoms with Crippen LogP contribution in [0.1, 0.15) is 29.9 Å². The summed E-state index contributed by atoms with van der Waals surface area (Å²) >= 11 is 5.90. The molecule has 182 valence electrons. The highest BCUT2D eigenvalue weighted by Gasteiger charge is 2.14. The molecule has 0 spiro atoms. The lowest BCUT2D eigenvalue weighted by Crippen LogP contribution is -2.19. The number of rotatable bonds is 11. The maximum atomic E-state index is 12.8. The maximum Gasteiger partial charge on any atom is 0.274 e. The fourth-order valence-electron chi connectivity index (χ4n) is 3.39. The minimum atomic E-state index is -0.318. The van der Waals surface area contributed by atoms with E-state index in [4.69, 9.17) is 25.8 Å².